The number of hydrogen-bond acceptors (Lipinski definition) is 2. The van der Waals surface area contributed by atoms with E-state index in [4.69, 9.17) is 0 Å². The Bertz CT molecular complexity index is 289. The second-order valence-electron chi connectivity index (χ2n) is 3.17. The zero-order valence-corrected chi connectivity index (χ0v) is 8.30. The van der Waals surface area contributed by atoms with Gasteiger partial charge in [0.15, 0.2) is 0 Å². The van der Waals surface area contributed by atoms with Gasteiger partial charge in [-0.25, -0.2) is 0 Å². The van der Waals surface area contributed by atoms with Crippen LogP contribution in [-0.2, 0) is 10.8 Å². The number of para-hydroxylation sites is 1. The summed E-state index contributed by atoms with van der Waals surface area (Å²) in [5.41, 5.74) is 1.25. The Balaban J connectivity index is 2.07. The van der Waals surface area contributed by atoms with Crippen LogP contribution in [0.3, 0.4) is 0 Å². The zero-order valence-electron chi connectivity index (χ0n) is 7.48. The minimum Gasteiger partial charge on any atom is -0.370 e. The number of benzene rings is 1. The first-order chi connectivity index (χ1) is 6.36. The minimum absolute atomic E-state index is 0.576. The molecule has 0 N–H and O–H groups in total. The lowest BCUT2D eigenvalue weighted by Gasteiger charge is -2.28. The Kier molecular flexibility index (Phi) is 2.64. The summed E-state index contributed by atoms with van der Waals surface area (Å²) in [7, 11) is -0.576. The molecule has 2 nitrogen and oxygen atoms in total. The smallest absolute Gasteiger partial charge is 0.0411 e. The van der Waals surface area contributed by atoms with Crippen molar-refractivity contribution in [3.8, 4) is 0 Å². The van der Waals surface area contributed by atoms with E-state index in [1.165, 1.54) is 5.69 Å². The van der Waals surface area contributed by atoms with Crippen LogP contribution in [0.2, 0.25) is 0 Å². The van der Waals surface area contributed by atoms with Gasteiger partial charge in [0.05, 0.1) is 0 Å². The highest BCUT2D eigenvalue weighted by molar-refractivity contribution is 7.85. The molecule has 1 heterocycles. The second-order valence-corrected chi connectivity index (χ2v) is 4.87. The normalized spacial score (nSPS) is 18.9. The summed E-state index contributed by atoms with van der Waals surface area (Å²) in [4.78, 5) is 2.29. The van der Waals surface area contributed by atoms with E-state index in [9.17, 15) is 4.21 Å². The van der Waals surface area contributed by atoms with Gasteiger partial charge in [-0.1, -0.05) is 18.2 Å². The van der Waals surface area contributed by atoms with Crippen molar-refractivity contribution in [2.24, 2.45) is 0 Å². The fourth-order valence-electron chi connectivity index (χ4n) is 1.53. The summed E-state index contributed by atoms with van der Waals surface area (Å²) >= 11 is 0. The van der Waals surface area contributed by atoms with Crippen LogP contribution in [-0.4, -0.2) is 28.8 Å². The van der Waals surface area contributed by atoms with Crippen molar-refractivity contribution in [3.05, 3.63) is 30.3 Å². The molecule has 0 saturated carbocycles. The molecule has 0 spiro atoms. The van der Waals surface area contributed by atoms with Crippen molar-refractivity contribution in [3.63, 3.8) is 0 Å². The molecule has 1 fully saturated rings. The van der Waals surface area contributed by atoms with Gasteiger partial charge in [0.2, 0.25) is 0 Å². The number of rotatable bonds is 1. The highest BCUT2D eigenvalue weighted by Crippen LogP contribution is 2.14. The molecule has 0 atom stereocenters. The van der Waals surface area contributed by atoms with Gasteiger partial charge >= 0.3 is 0 Å². The zero-order chi connectivity index (χ0) is 9.10. The van der Waals surface area contributed by atoms with E-state index < -0.39 is 10.8 Å². The van der Waals surface area contributed by atoms with Gasteiger partial charge in [0.25, 0.3) is 0 Å². The summed E-state index contributed by atoms with van der Waals surface area (Å²) in [5, 5.41) is 0. The first kappa shape index (κ1) is 8.75. The average Bonchev–Trinajstić information content (AvgIpc) is 2.20. The largest absolute Gasteiger partial charge is 0.370 e. The van der Waals surface area contributed by atoms with Crippen LogP contribution in [0.5, 0.6) is 0 Å². The fourth-order valence-corrected chi connectivity index (χ4v) is 2.59. The molecule has 0 aromatic heterocycles. The van der Waals surface area contributed by atoms with Crippen molar-refractivity contribution in [2.75, 3.05) is 29.5 Å². The average molecular weight is 195 g/mol. The summed E-state index contributed by atoms with van der Waals surface area (Å²) in [5.74, 6) is 1.63. The molecule has 13 heavy (non-hydrogen) atoms. The Labute approximate surface area is 81.0 Å². The highest BCUT2D eigenvalue weighted by atomic mass is 32.2. The predicted molar refractivity (Wildman–Crippen MR) is 56.5 cm³/mol. The van der Waals surface area contributed by atoms with Gasteiger partial charge in [0.1, 0.15) is 0 Å². The van der Waals surface area contributed by atoms with E-state index >= 15 is 0 Å². The molecule has 0 unspecified atom stereocenters. The van der Waals surface area contributed by atoms with Crippen molar-refractivity contribution in [1.82, 2.24) is 0 Å². The third kappa shape index (κ3) is 2.10. The lowest BCUT2D eigenvalue weighted by atomic mass is 10.3. The minimum atomic E-state index is -0.576. The molecule has 0 radical (unpaired) electrons. The second kappa shape index (κ2) is 3.92. The maximum Gasteiger partial charge on any atom is 0.0411 e. The fraction of sp³-hybridized carbons (Fsp3) is 0.400. The summed E-state index contributed by atoms with van der Waals surface area (Å²) in [6.07, 6.45) is 0. The number of nitrogens with zero attached hydrogens (tertiary/aromatic N) is 1. The van der Waals surface area contributed by atoms with Crippen LogP contribution in [0, 0.1) is 0 Å². The predicted octanol–water partition coefficient (Wildman–Crippen LogP) is 1.26. The summed E-state index contributed by atoms with van der Waals surface area (Å²) in [6.45, 7) is 1.85. The first-order valence-corrected chi connectivity index (χ1v) is 6.00. The molecule has 0 bridgehead atoms. The van der Waals surface area contributed by atoms with Gasteiger partial charge in [-0.05, 0) is 12.1 Å². The van der Waals surface area contributed by atoms with Crippen LogP contribution in [0.1, 0.15) is 0 Å². The number of anilines is 1. The van der Waals surface area contributed by atoms with E-state index in [2.05, 4.69) is 17.0 Å². The van der Waals surface area contributed by atoms with Crippen LogP contribution in [0.4, 0.5) is 5.69 Å². The van der Waals surface area contributed by atoms with Crippen molar-refractivity contribution < 1.29 is 4.21 Å². The van der Waals surface area contributed by atoms with E-state index in [1.54, 1.807) is 0 Å². The first-order valence-electron chi connectivity index (χ1n) is 4.51. The van der Waals surface area contributed by atoms with E-state index in [0.717, 1.165) is 24.6 Å². The third-order valence-electron chi connectivity index (χ3n) is 2.30. The molecular formula is C10H13NOS. The third-order valence-corrected chi connectivity index (χ3v) is 3.57. The van der Waals surface area contributed by atoms with Gasteiger partial charge in [-0.15, -0.1) is 0 Å². The topological polar surface area (TPSA) is 20.3 Å². The quantitative estimate of drug-likeness (QED) is 0.672. The molecule has 0 aliphatic carbocycles. The molecule has 0 amide bonds. The van der Waals surface area contributed by atoms with Crippen molar-refractivity contribution in [2.45, 2.75) is 0 Å². The van der Waals surface area contributed by atoms with Crippen LogP contribution >= 0.6 is 0 Å². The van der Waals surface area contributed by atoms with Gasteiger partial charge < -0.3 is 4.90 Å². The van der Waals surface area contributed by atoms with Crippen LogP contribution in [0.25, 0.3) is 0 Å². The van der Waals surface area contributed by atoms with Crippen LogP contribution < -0.4 is 4.90 Å². The van der Waals surface area contributed by atoms with E-state index in [0.29, 0.717) is 0 Å². The number of hydrogen-bond donors (Lipinski definition) is 0. The molecule has 2 rings (SSSR count). The van der Waals surface area contributed by atoms with E-state index in [-0.39, 0.29) is 0 Å². The van der Waals surface area contributed by atoms with E-state index in [1.807, 2.05) is 18.2 Å². The Morgan fingerprint density at radius 1 is 1.08 bits per heavy atom. The standard InChI is InChI=1S/C10H13NOS/c12-13-8-6-11(7-9-13)10-4-2-1-3-5-10/h1-5H,6-9H2. The lowest BCUT2D eigenvalue weighted by molar-refractivity contribution is 0.673. The lowest BCUT2D eigenvalue weighted by Crippen LogP contribution is -2.37. The maximum absolute atomic E-state index is 11.1. The van der Waals surface area contributed by atoms with Crippen molar-refractivity contribution >= 4 is 16.5 Å². The summed E-state index contributed by atoms with van der Waals surface area (Å²) < 4.78 is 11.1. The monoisotopic (exact) mass is 195 g/mol. The Hall–Kier alpha value is -0.830. The molecule has 1 saturated heterocycles. The highest BCUT2D eigenvalue weighted by Gasteiger charge is 2.14. The molecule has 1 aliphatic rings. The Morgan fingerprint density at radius 3 is 2.31 bits per heavy atom. The molecule has 70 valence electrons. The van der Waals surface area contributed by atoms with Gasteiger partial charge in [-0.3, -0.25) is 4.21 Å². The Morgan fingerprint density at radius 2 is 1.69 bits per heavy atom. The van der Waals surface area contributed by atoms with Crippen molar-refractivity contribution in [1.29, 1.82) is 0 Å². The van der Waals surface area contributed by atoms with Gasteiger partial charge in [-0.2, -0.15) is 0 Å². The molecule has 3 heteroatoms. The summed E-state index contributed by atoms with van der Waals surface area (Å²) in [6, 6.07) is 10.3. The molecule has 1 aromatic rings. The molecular weight excluding hydrogens is 182 g/mol. The molecule has 1 aliphatic heterocycles. The maximum atomic E-state index is 11.1. The van der Waals surface area contributed by atoms with Crippen LogP contribution in [0.15, 0.2) is 30.3 Å². The van der Waals surface area contributed by atoms with Gasteiger partial charge in [0, 0.05) is 41.1 Å². The molecule has 1 aromatic carbocycles. The SMILES string of the molecule is O=S1CCN(c2ccccc2)CC1.